The van der Waals surface area contributed by atoms with Gasteiger partial charge in [-0.05, 0) is 49.1 Å². The molecule has 0 bridgehead atoms. The number of hydrogen-bond acceptors (Lipinski definition) is 4. The van der Waals surface area contributed by atoms with Gasteiger partial charge in [-0.25, -0.2) is 0 Å². The van der Waals surface area contributed by atoms with E-state index < -0.39 is 0 Å². The minimum Gasteiger partial charge on any atom is -0.396 e. The number of thiophene rings is 1. The number of nitrogens with zero attached hydrogens (tertiary/aromatic N) is 2. The van der Waals surface area contributed by atoms with Crippen LogP contribution in [0.1, 0.15) is 50.0 Å². The molecular weight excluding hydrogens is 360 g/mol. The molecule has 2 rings (SSSR count). The number of amides is 1. The van der Waals surface area contributed by atoms with Crippen molar-refractivity contribution in [3.63, 3.8) is 0 Å². The lowest BCUT2D eigenvalue weighted by atomic mass is 10.0. The second kappa shape index (κ2) is 12.0. The van der Waals surface area contributed by atoms with Crippen LogP contribution in [0.3, 0.4) is 0 Å². The zero-order valence-corrected chi connectivity index (χ0v) is 17.5. The summed E-state index contributed by atoms with van der Waals surface area (Å²) >= 11 is 1.79. The van der Waals surface area contributed by atoms with Gasteiger partial charge < -0.3 is 20.6 Å². The smallest absolute Gasteiger partial charge is 0.224 e. The molecule has 7 heteroatoms. The van der Waals surface area contributed by atoms with Crippen LogP contribution in [0.2, 0.25) is 0 Å². The lowest BCUT2D eigenvalue weighted by Crippen LogP contribution is -2.41. The van der Waals surface area contributed by atoms with Crippen molar-refractivity contribution in [3.05, 3.63) is 21.9 Å². The molecular formula is C20H34N4O2S. The molecule has 1 aliphatic heterocycles. The Hall–Kier alpha value is -1.60. The Labute approximate surface area is 167 Å². The minimum absolute atomic E-state index is 0.194. The number of aliphatic hydroxyl groups excluding tert-OH is 1. The number of fused-ring (bicyclic) bond motifs is 1. The fraction of sp³-hybridized carbons (Fsp3) is 0.700. The first-order valence-electron chi connectivity index (χ1n) is 10.1. The Morgan fingerprint density at radius 1 is 1.37 bits per heavy atom. The maximum atomic E-state index is 12.5. The first-order valence-corrected chi connectivity index (χ1v) is 11.0. The summed E-state index contributed by atoms with van der Waals surface area (Å²) in [6, 6.07) is 2.13. The van der Waals surface area contributed by atoms with Crippen LogP contribution in [0.4, 0.5) is 0 Å². The highest BCUT2D eigenvalue weighted by Crippen LogP contribution is 2.24. The number of aliphatic hydroxyl groups is 1. The van der Waals surface area contributed by atoms with Crippen LogP contribution in [0.5, 0.6) is 0 Å². The van der Waals surface area contributed by atoms with Crippen LogP contribution in [0.25, 0.3) is 0 Å². The molecule has 6 nitrogen and oxygen atoms in total. The van der Waals surface area contributed by atoms with Crippen molar-refractivity contribution in [3.8, 4) is 0 Å². The number of carbonyl (C=O) groups is 1. The first-order chi connectivity index (χ1) is 13.2. The quantitative estimate of drug-likeness (QED) is 0.421. The van der Waals surface area contributed by atoms with Crippen LogP contribution in [-0.2, 0) is 17.8 Å². The SMILES string of the molecule is CCCC(CCO)CN=C(NCC)NCCC(=O)N1CCc2sccc2C1. The molecule has 2 heterocycles. The van der Waals surface area contributed by atoms with E-state index in [0.29, 0.717) is 25.4 Å². The van der Waals surface area contributed by atoms with Crippen molar-refractivity contribution in [2.75, 3.05) is 32.8 Å². The summed E-state index contributed by atoms with van der Waals surface area (Å²) in [5.74, 6) is 1.35. The van der Waals surface area contributed by atoms with Gasteiger partial charge in [0.05, 0.1) is 0 Å². The normalized spacial score (nSPS) is 15.4. The highest BCUT2D eigenvalue weighted by molar-refractivity contribution is 7.10. The molecule has 1 aromatic rings. The Kier molecular flexibility index (Phi) is 9.62. The molecule has 0 aliphatic carbocycles. The summed E-state index contributed by atoms with van der Waals surface area (Å²) in [4.78, 5) is 20.5. The molecule has 0 radical (unpaired) electrons. The fourth-order valence-electron chi connectivity index (χ4n) is 3.39. The molecule has 1 atom stereocenters. The van der Waals surface area contributed by atoms with E-state index in [1.807, 2.05) is 11.8 Å². The fourth-order valence-corrected chi connectivity index (χ4v) is 4.28. The van der Waals surface area contributed by atoms with E-state index in [4.69, 9.17) is 0 Å². The van der Waals surface area contributed by atoms with E-state index in [9.17, 15) is 9.90 Å². The van der Waals surface area contributed by atoms with Gasteiger partial charge in [0.25, 0.3) is 0 Å². The molecule has 27 heavy (non-hydrogen) atoms. The molecule has 0 spiro atoms. The highest BCUT2D eigenvalue weighted by Gasteiger charge is 2.21. The van der Waals surface area contributed by atoms with E-state index >= 15 is 0 Å². The molecule has 1 aromatic heterocycles. The Bertz CT molecular complexity index is 597. The van der Waals surface area contributed by atoms with Gasteiger partial charge in [-0.3, -0.25) is 9.79 Å². The third-order valence-electron chi connectivity index (χ3n) is 4.88. The van der Waals surface area contributed by atoms with Crippen LogP contribution in [0.15, 0.2) is 16.4 Å². The zero-order valence-electron chi connectivity index (χ0n) is 16.7. The van der Waals surface area contributed by atoms with Crippen molar-refractivity contribution in [2.24, 2.45) is 10.9 Å². The maximum absolute atomic E-state index is 12.5. The molecule has 1 aliphatic rings. The number of aliphatic imine (C=N–C) groups is 1. The minimum atomic E-state index is 0.194. The van der Waals surface area contributed by atoms with Crippen LogP contribution >= 0.6 is 11.3 Å². The van der Waals surface area contributed by atoms with Crippen molar-refractivity contribution in [2.45, 2.75) is 52.5 Å². The summed E-state index contributed by atoms with van der Waals surface area (Å²) in [5, 5.41) is 17.8. The second-order valence-electron chi connectivity index (χ2n) is 7.00. The molecule has 152 valence electrons. The average molecular weight is 395 g/mol. The number of hydrogen-bond donors (Lipinski definition) is 3. The van der Waals surface area contributed by atoms with E-state index in [2.05, 4.69) is 34.0 Å². The lowest BCUT2D eigenvalue weighted by Gasteiger charge is -2.27. The number of rotatable bonds is 10. The van der Waals surface area contributed by atoms with Gasteiger partial charge in [0.1, 0.15) is 0 Å². The van der Waals surface area contributed by atoms with Gasteiger partial charge >= 0.3 is 0 Å². The van der Waals surface area contributed by atoms with Crippen molar-refractivity contribution in [1.82, 2.24) is 15.5 Å². The second-order valence-corrected chi connectivity index (χ2v) is 8.00. The number of nitrogens with one attached hydrogen (secondary N) is 2. The molecule has 3 N–H and O–H groups in total. The summed E-state index contributed by atoms with van der Waals surface area (Å²) in [6.45, 7) is 8.02. The molecule has 0 saturated carbocycles. The van der Waals surface area contributed by atoms with Crippen molar-refractivity contribution in [1.29, 1.82) is 0 Å². The molecule has 1 unspecified atom stereocenters. The summed E-state index contributed by atoms with van der Waals surface area (Å²) in [5.41, 5.74) is 1.30. The Balaban J connectivity index is 1.77. The Morgan fingerprint density at radius 3 is 2.96 bits per heavy atom. The predicted octanol–water partition coefficient (Wildman–Crippen LogP) is 2.38. The zero-order chi connectivity index (χ0) is 19.5. The number of guanidine groups is 1. The van der Waals surface area contributed by atoms with Crippen molar-refractivity contribution >= 4 is 23.2 Å². The van der Waals surface area contributed by atoms with Gasteiger partial charge in [0.2, 0.25) is 5.91 Å². The average Bonchev–Trinajstić information content (AvgIpc) is 3.14. The van der Waals surface area contributed by atoms with Crippen LogP contribution < -0.4 is 10.6 Å². The van der Waals surface area contributed by atoms with E-state index in [1.54, 1.807) is 11.3 Å². The van der Waals surface area contributed by atoms with Gasteiger partial charge in [-0.15, -0.1) is 11.3 Å². The molecule has 0 saturated heterocycles. The van der Waals surface area contributed by atoms with Crippen LogP contribution in [0, 0.1) is 5.92 Å². The van der Waals surface area contributed by atoms with E-state index in [0.717, 1.165) is 51.3 Å². The lowest BCUT2D eigenvalue weighted by molar-refractivity contribution is -0.131. The predicted molar refractivity (Wildman–Crippen MR) is 112 cm³/mol. The third-order valence-corrected chi connectivity index (χ3v) is 5.90. The monoisotopic (exact) mass is 394 g/mol. The first kappa shape index (κ1) is 21.7. The third kappa shape index (κ3) is 7.14. The molecule has 0 fully saturated rings. The standard InChI is InChI=1S/C20H34N4O2S/c1-3-5-16(8-12-25)14-23-20(21-4-2)22-10-6-19(26)24-11-7-18-17(15-24)9-13-27-18/h9,13,16,25H,3-8,10-12,14-15H2,1-2H3,(H2,21,22,23). The van der Waals surface area contributed by atoms with E-state index in [1.165, 1.54) is 10.4 Å². The van der Waals surface area contributed by atoms with Gasteiger partial charge in [0.15, 0.2) is 5.96 Å². The van der Waals surface area contributed by atoms with Crippen molar-refractivity contribution < 1.29 is 9.90 Å². The molecule has 1 amide bonds. The largest absolute Gasteiger partial charge is 0.396 e. The summed E-state index contributed by atoms with van der Waals surface area (Å²) in [6.07, 6.45) is 4.40. The topological polar surface area (TPSA) is 77.0 Å². The summed E-state index contributed by atoms with van der Waals surface area (Å²) < 4.78 is 0. The highest BCUT2D eigenvalue weighted by atomic mass is 32.1. The Morgan fingerprint density at radius 2 is 2.22 bits per heavy atom. The van der Waals surface area contributed by atoms with Gasteiger partial charge in [-0.2, -0.15) is 0 Å². The summed E-state index contributed by atoms with van der Waals surface area (Å²) in [7, 11) is 0. The maximum Gasteiger partial charge on any atom is 0.224 e. The van der Waals surface area contributed by atoms with Gasteiger partial charge in [0, 0.05) is 50.6 Å². The van der Waals surface area contributed by atoms with Gasteiger partial charge in [-0.1, -0.05) is 13.3 Å². The number of carbonyl (C=O) groups excluding carboxylic acids is 1. The molecule has 0 aromatic carbocycles. The van der Waals surface area contributed by atoms with E-state index in [-0.39, 0.29) is 12.5 Å². The van der Waals surface area contributed by atoms with Crippen LogP contribution in [-0.4, -0.2) is 54.7 Å².